The van der Waals surface area contributed by atoms with E-state index in [1.165, 1.54) is 11.1 Å². The van der Waals surface area contributed by atoms with Crippen LogP contribution in [-0.2, 0) is 11.3 Å². The largest absolute Gasteiger partial charge is 0.467 e. The topological polar surface area (TPSA) is 67.1 Å². The third kappa shape index (κ3) is 3.80. The number of furan rings is 1. The maximum absolute atomic E-state index is 12.8. The van der Waals surface area contributed by atoms with Gasteiger partial charge in [-0.25, -0.2) is 4.98 Å². The highest BCUT2D eigenvalue weighted by Crippen LogP contribution is 2.28. The van der Waals surface area contributed by atoms with E-state index in [9.17, 15) is 4.79 Å². The first kappa shape index (κ1) is 20.1. The number of nitrogens with one attached hydrogen (secondary N) is 1. The molecule has 6 nitrogen and oxygen atoms in total. The predicted molar refractivity (Wildman–Crippen MR) is 126 cm³/mol. The van der Waals surface area contributed by atoms with E-state index in [0.29, 0.717) is 19.6 Å². The summed E-state index contributed by atoms with van der Waals surface area (Å²) in [4.78, 5) is 22.3. The van der Waals surface area contributed by atoms with E-state index in [1.807, 2.05) is 35.4 Å². The van der Waals surface area contributed by atoms with E-state index >= 15 is 0 Å². The summed E-state index contributed by atoms with van der Waals surface area (Å²) in [5, 5.41) is 1.13. The highest BCUT2D eigenvalue weighted by molar-refractivity contribution is 5.94. The van der Waals surface area contributed by atoms with Crippen molar-refractivity contribution in [2.45, 2.75) is 26.8 Å². The van der Waals surface area contributed by atoms with Gasteiger partial charge in [-0.3, -0.25) is 4.79 Å². The van der Waals surface area contributed by atoms with Crippen LogP contribution in [0.4, 0.5) is 0 Å². The van der Waals surface area contributed by atoms with Gasteiger partial charge >= 0.3 is 0 Å². The van der Waals surface area contributed by atoms with Crippen LogP contribution in [-0.4, -0.2) is 38.4 Å². The Morgan fingerprint density at radius 1 is 1.28 bits per heavy atom. The second-order valence-corrected chi connectivity index (χ2v) is 8.19. The molecule has 0 atom stereocenters. The molecule has 162 valence electrons. The molecule has 4 aromatic heterocycles. The Morgan fingerprint density at radius 3 is 2.97 bits per heavy atom. The summed E-state index contributed by atoms with van der Waals surface area (Å²) in [5.41, 5.74) is 6.66. The molecule has 4 aromatic rings. The molecule has 0 saturated carbocycles. The predicted octanol–water partition coefficient (Wildman–Crippen LogP) is 4.95. The Hall–Kier alpha value is -3.80. The van der Waals surface area contributed by atoms with Gasteiger partial charge in [-0.2, -0.15) is 0 Å². The normalized spacial score (nSPS) is 14.4. The number of pyridine rings is 1. The number of carbonyl (C=O) groups excluding carboxylic acids is 1. The molecule has 1 aliphatic heterocycles. The number of hydrogen-bond acceptors (Lipinski definition) is 3. The van der Waals surface area contributed by atoms with Gasteiger partial charge in [0.1, 0.15) is 11.4 Å². The van der Waals surface area contributed by atoms with Crippen molar-refractivity contribution in [2.75, 3.05) is 13.1 Å². The summed E-state index contributed by atoms with van der Waals surface area (Å²) in [5.74, 6) is 0.956. The van der Waals surface area contributed by atoms with Gasteiger partial charge in [0.15, 0.2) is 0 Å². The lowest BCUT2D eigenvalue weighted by molar-refractivity contribution is -0.125. The fourth-order valence-corrected chi connectivity index (χ4v) is 4.40. The molecular weight excluding hydrogens is 400 g/mol. The Labute approximate surface area is 186 Å². The Kier molecular flexibility index (Phi) is 5.27. The minimum Gasteiger partial charge on any atom is -0.467 e. The number of aromatic amines is 1. The minimum atomic E-state index is 0.0386. The van der Waals surface area contributed by atoms with E-state index in [0.717, 1.165) is 40.2 Å². The standard InChI is InChI=1S/C26H26N4O2/c1-18-15-21(19(2)30(18)17-22-5-4-14-32-22)7-8-25(31)29-12-9-20(10-13-29)24-16-28-26-23(24)6-3-11-27-26/h3-9,11,14-16H,10,12-13,17H2,1-2H3,(H,27,28). The number of aromatic nitrogens is 3. The molecule has 0 unspecified atom stereocenters. The van der Waals surface area contributed by atoms with Crippen molar-refractivity contribution in [3.63, 3.8) is 0 Å². The van der Waals surface area contributed by atoms with Crippen molar-refractivity contribution in [1.82, 2.24) is 19.4 Å². The van der Waals surface area contributed by atoms with E-state index in [2.05, 4.69) is 46.6 Å². The van der Waals surface area contributed by atoms with Crippen LogP contribution in [0.5, 0.6) is 0 Å². The highest BCUT2D eigenvalue weighted by atomic mass is 16.3. The number of rotatable bonds is 5. The summed E-state index contributed by atoms with van der Waals surface area (Å²) in [6.45, 7) is 6.16. The summed E-state index contributed by atoms with van der Waals surface area (Å²) >= 11 is 0. The zero-order chi connectivity index (χ0) is 22.1. The monoisotopic (exact) mass is 426 g/mol. The molecule has 0 aromatic carbocycles. The van der Waals surface area contributed by atoms with Gasteiger partial charge < -0.3 is 18.9 Å². The average Bonchev–Trinajstić information content (AvgIpc) is 3.54. The zero-order valence-electron chi connectivity index (χ0n) is 18.3. The molecular formula is C26H26N4O2. The summed E-state index contributed by atoms with van der Waals surface area (Å²) in [6.07, 6.45) is 12.1. The van der Waals surface area contributed by atoms with Crippen LogP contribution < -0.4 is 0 Å². The lowest BCUT2D eigenvalue weighted by Crippen LogP contribution is -2.33. The molecule has 0 spiro atoms. The van der Waals surface area contributed by atoms with Crippen molar-refractivity contribution in [3.8, 4) is 0 Å². The van der Waals surface area contributed by atoms with Gasteiger partial charge in [0.25, 0.3) is 0 Å². The van der Waals surface area contributed by atoms with Gasteiger partial charge in [0, 0.05) is 53.9 Å². The van der Waals surface area contributed by atoms with Gasteiger partial charge in [0.05, 0.1) is 12.8 Å². The molecule has 0 saturated heterocycles. The molecule has 5 heterocycles. The van der Waals surface area contributed by atoms with Crippen molar-refractivity contribution in [3.05, 3.63) is 89.4 Å². The number of hydrogen-bond donors (Lipinski definition) is 1. The smallest absolute Gasteiger partial charge is 0.246 e. The number of amides is 1. The Balaban J connectivity index is 1.27. The van der Waals surface area contributed by atoms with Crippen LogP contribution in [0.1, 0.15) is 34.7 Å². The Morgan fingerprint density at radius 2 is 2.19 bits per heavy atom. The van der Waals surface area contributed by atoms with E-state index in [1.54, 1.807) is 18.5 Å². The molecule has 0 aliphatic carbocycles. The van der Waals surface area contributed by atoms with E-state index in [-0.39, 0.29) is 5.91 Å². The van der Waals surface area contributed by atoms with Crippen LogP contribution in [0.15, 0.2) is 65.6 Å². The molecule has 0 radical (unpaired) electrons. The van der Waals surface area contributed by atoms with Gasteiger partial charge in [-0.15, -0.1) is 0 Å². The second-order valence-electron chi connectivity index (χ2n) is 8.19. The molecule has 1 N–H and O–H groups in total. The van der Waals surface area contributed by atoms with Crippen molar-refractivity contribution in [2.24, 2.45) is 0 Å². The van der Waals surface area contributed by atoms with Gasteiger partial charge in [-0.1, -0.05) is 6.08 Å². The summed E-state index contributed by atoms with van der Waals surface area (Å²) in [7, 11) is 0. The van der Waals surface area contributed by atoms with E-state index in [4.69, 9.17) is 4.42 Å². The second kappa shape index (κ2) is 8.38. The number of carbonyl (C=O) groups is 1. The van der Waals surface area contributed by atoms with Crippen molar-refractivity contribution >= 4 is 28.6 Å². The molecule has 1 amide bonds. The molecule has 6 heteroatoms. The lowest BCUT2D eigenvalue weighted by Gasteiger charge is -2.25. The quantitative estimate of drug-likeness (QED) is 0.459. The number of aryl methyl sites for hydroxylation is 1. The van der Waals surface area contributed by atoms with Gasteiger partial charge in [0.2, 0.25) is 5.91 Å². The molecule has 1 aliphatic rings. The third-order valence-electron chi connectivity index (χ3n) is 6.23. The third-order valence-corrected chi connectivity index (χ3v) is 6.23. The van der Waals surface area contributed by atoms with Crippen LogP contribution >= 0.6 is 0 Å². The zero-order valence-corrected chi connectivity index (χ0v) is 18.3. The van der Waals surface area contributed by atoms with Crippen molar-refractivity contribution in [1.29, 1.82) is 0 Å². The number of H-pyrrole nitrogens is 1. The molecule has 0 bridgehead atoms. The molecule has 5 rings (SSSR count). The number of fused-ring (bicyclic) bond motifs is 1. The summed E-state index contributed by atoms with van der Waals surface area (Å²) < 4.78 is 7.69. The van der Waals surface area contributed by atoms with Crippen LogP contribution in [0.2, 0.25) is 0 Å². The summed E-state index contributed by atoms with van der Waals surface area (Å²) in [6, 6.07) is 10.0. The number of nitrogens with zero attached hydrogens (tertiary/aromatic N) is 3. The highest BCUT2D eigenvalue weighted by Gasteiger charge is 2.18. The van der Waals surface area contributed by atoms with Gasteiger partial charge in [-0.05, 0) is 67.8 Å². The van der Waals surface area contributed by atoms with Crippen LogP contribution in [0.25, 0.3) is 22.7 Å². The SMILES string of the molecule is Cc1cc(C=CC(=O)N2CC=C(c3c[nH]c4ncccc34)CC2)c(C)n1Cc1ccco1. The van der Waals surface area contributed by atoms with E-state index < -0.39 is 0 Å². The maximum Gasteiger partial charge on any atom is 0.246 e. The Bertz CT molecular complexity index is 1320. The molecule has 0 fully saturated rings. The first-order valence-electron chi connectivity index (χ1n) is 10.9. The maximum atomic E-state index is 12.8. The fraction of sp³-hybridized carbons (Fsp3) is 0.231. The van der Waals surface area contributed by atoms with Crippen LogP contribution in [0, 0.1) is 13.8 Å². The van der Waals surface area contributed by atoms with Crippen LogP contribution in [0.3, 0.4) is 0 Å². The average molecular weight is 427 g/mol. The first-order valence-corrected chi connectivity index (χ1v) is 10.9. The van der Waals surface area contributed by atoms with Crippen molar-refractivity contribution < 1.29 is 9.21 Å². The molecule has 32 heavy (non-hydrogen) atoms. The lowest BCUT2D eigenvalue weighted by atomic mass is 9.99. The fourth-order valence-electron chi connectivity index (χ4n) is 4.40. The first-order chi connectivity index (χ1) is 15.6. The minimum absolute atomic E-state index is 0.0386.